The van der Waals surface area contributed by atoms with Crippen molar-refractivity contribution in [3.63, 3.8) is 0 Å². The largest absolute Gasteiger partial charge is 0.426 e. The third-order valence-electron chi connectivity index (χ3n) is 4.62. The van der Waals surface area contributed by atoms with Crippen molar-refractivity contribution in [3.8, 4) is 0 Å². The molecule has 4 aliphatic rings. The number of alkyl halides is 2. The van der Waals surface area contributed by atoms with E-state index in [-0.39, 0.29) is 37.5 Å². The predicted molar refractivity (Wildman–Crippen MR) is 54.5 cm³/mol. The highest BCUT2D eigenvalue weighted by Crippen LogP contribution is 2.65. The lowest BCUT2D eigenvalue weighted by molar-refractivity contribution is -0.374. The fraction of sp³-hybridized carbons (Fsp3) is 0.917. The predicted octanol–water partition coefficient (Wildman–Crippen LogP) is 1.88. The molecule has 0 saturated heterocycles. The van der Waals surface area contributed by atoms with Crippen LogP contribution in [0.2, 0.25) is 0 Å². The van der Waals surface area contributed by atoms with Crippen LogP contribution >= 0.6 is 0 Å². The fourth-order valence-corrected chi connectivity index (χ4v) is 4.29. The van der Waals surface area contributed by atoms with Crippen LogP contribution in [0, 0.1) is 11.8 Å². The van der Waals surface area contributed by atoms with Gasteiger partial charge in [0, 0.05) is 6.92 Å². The number of hydrogen-bond donors (Lipinski definition) is 1. The van der Waals surface area contributed by atoms with Crippen molar-refractivity contribution >= 4 is 5.97 Å². The van der Waals surface area contributed by atoms with Gasteiger partial charge in [0.1, 0.15) is 0 Å². The molecule has 17 heavy (non-hydrogen) atoms. The molecule has 0 aliphatic heterocycles. The molecule has 4 saturated carbocycles. The molecule has 0 aromatic heterocycles. The molecule has 0 unspecified atom stereocenters. The van der Waals surface area contributed by atoms with E-state index in [9.17, 15) is 18.7 Å². The lowest BCUT2D eigenvalue weighted by Crippen LogP contribution is -2.75. The Hall–Kier alpha value is -0.710. The van der Waals surface area contributed by atoms with Gasteiger partial charge < -0.3 is 9.84 Å². The van der Waals surface area contributed by atoms with Crippen LogP contribution in [0.15, 0.2) is 0 Å². The molecule has 4 fully saturated rings. The van der Waals surface area contributed by atoms with Gasteiger partial charge in [-0.1, -0.05) is 0 Å². The van der Waals surface area contributed by atoms with E-state index in [2.05, 4.69) is 4.74 Å². The molecule has 0 spiro atoms. The maximum absolute atomic E-state index is 14.8. The van der Waals surface area contributed by atoms with Crippen LogP contribution in [0.1, 0.15) is 39.0 Å². The minimum absolute atomic E-state index is 0.0340. The molecule has 5 heteroatoms. The molecule has 4 rings (SSSR count). The van der Waals surface area contributed by atoms with E-state index in [1.54, 1.807) is 0 Å². The zero-order valence-electron chi connectivity index (χ0n) is 9.71. The van der Waals surface area contributed by atoms with Gasteiger partial charge in [0.2, 0.25) is 0 Å². The van der Waals surface area contributed by atoms with Gasteiger partial charge in [-0.25, -0.2) is 8.78 Å². The normalized spacial score (nSPS) is 56.0. The van der Waals surface area contributed by atoms with Crippen molar-refractivity contribution < 1.29 is 23.4 Å². The van der Waals surface area contributed by atoms with E-state index in [1.165, 1.54) is 0 Å². The SMILES string of the molecule is CC(=O)OC1(O)C2(F)CC3CC(C2)CC1(F)C3. The molecule has 96 valence electrons. The van der Waals surface area contributed by atoms with Crippen LogP contribution in [0.3, 0.4) is 0 Å². The van der Waals surface area contributed by atoms with Crippen molar-refractivity contribution in [1.82, 2.24) is 0 Å². The van der Waals surface area contributed by atoms with E-state index < -0.39 is 23.1 Å². The minimum Gasteiger partial charge on any atom is -0.426 e. The van der Waals surface area contributed by atoms with Crippen LogP contribution in [-0.4, -0.2) is 28.2 Å². The van der Waals surface area contributed by atoms with Crippen molar-refractivity contribution in [2.24, 2.45) is 11.8 Å². The molecule has 0 heterocycles. The first kappa shape index (κ1) is 11.4. The Balaban J connectivity index is 2.05. The molecule has 0 radical (unpaired) electrons. The van der Waals surface area contributed by atoms with E-state index in [0.717, 1.165) is 13.3 Å². The second-order valence-corrected chi connectivity index (χ2v) is 5.95. The summed E-state index contributed by atoms with van der Waals surface area (Å²) in [7, 11) is 0. The maximum Gasteiger partial charge on any atom is 0.305 e. The van der Waals surface area contributed by atoms with Crippen LogP contribution in [0.25, 0.3) is 0 Å². The number of halogens is 2. The molecular formula is C12H16F2O3. The highest BCUT2D eigenvalue weighted by molar-refractivity contribution is 5.67. The van der Waals surface area contributed by atoms with Gasteiger partial charge >= 0.3 is 5.97 Å². The van der Waals surface area contributed by atoms with Crippen LogP contribution in [-0.2, 0) is 9.53 Å². The number of esters is 1. The monoisotopic (exact) mass is 246 g/mol. The molecule has 0 atom stereocenters. The molecule has 0 amide bonds. The second-order valence-electron chi connectivity index (χ2n) is 5.95. The molecule has 1 N–H and O–H groups in total. The van der Waals surface area contributed by atoms with Crippen molar-refractivity contribution in [1.29, 1.82) is 0 Å². The molecule has 4 bridgehead atoms. The van der Waals surface area contributed by atoms with Gasteiger partial charge in [-0.3, -0.25) is 4.79 Å². The van der Waals surface area contributed by atoms with Crippen LogP contribution in [0.5, 0.6) is 0 Å². The molecule has 4 aliphatic carbocycles. The summed E-state index contributed by atoms with van der Waals surface area (Å²) in [6.45, 7) is 1.07. The lowest BCUT2D eigenvalue weighted by atomic mass is 9.50. The average Bonchev–Trinajstić information content (AvgIpc) is 2.11. The fourth-order valence-electron chi connectivity index (χ4n) is 4.29. The Kier molecular flexibility index (Phi) is 2.01. The first-order valence-electron chi connectivity index (χ1n) is 6.08. The third kappa shape index (κ3) is 1.26. The van der Waals surface area contributed by atoms with Gasteiger partial charge in [-0.15, -0.1) is 0 Å². The van der Waals surface area contributed by atoms with Crippen LogP contribution in [0.4, 0.5) is 8.78 Å². The van der Waals surface area contributed by atoms with Gasteiger partial charge in [0.05, 0.1) is 0 Å². The average molecular weight is 246 g/mol. The summed E-state index contributed by atoms with van der Waals surface area (Å²) in [6.07, 6.45) is 1.21. The first-order valence-corrected chi connectivity index (χ1v) is 6.08. The summed E-state index contributed by atoms with van der Waals surface area (Å²) in [4.78, 5) is 11.0. The number of carbonyl (C=O) groups excluding carboxylic acids is 1. The third-order valence-corrected chi connectivity index (χ3v) is 4.62. The van der Waals surface area contributed by atoms with E-state index in [4.69, 9.17) is 0 Å². The quantitative estimate of drug-likeness (QED) is 0.567. The maximum atomic E-state index is 14.8. The second kappa shape index (κ2) is 2.99. The lowest BCUT2D eigenvalue weighted by Gasteiger charge is -2.62. The summed E-state index contributed by atoms with van der Waals surface area (Å²) >= 11 is 0. The van der Waals surface area contributed by atoms with E-state index >= 15 is 0 Å². The highest BCUT2D eigenvalue weighted by atomic mass is 19.2. The summed E-state index contributed by atoms with van der Waals surface area (Å²) in [5, 5.41) is 10.3. The van der Waals surface area contributed by atoms with Crippen molar-refractivity contribution in [2.45, 2.75) is 56.2 Å². The number of carbonyl (C=O) groups is 1. The van der Waals surface area contributed by atoms with Gasteiger partial charge in [0.25, 0.3) is 5.79 Å². The Morgan fingerprint density at radius 3 is 1.94 bits per heavy atom. The number of rotatable bonds is 1. The van der Waals surface area contributed by atoms with Gasteiger partial charge in [0.15, 0.2) is 11.3 Å². The number of ether oxygens (including phenoxy) is 1. The number of hydrogen-bond acceptors (Lipinski definition) is 3. The molecule has 0 aromatic carbocycles. The summed E-state index contributed by atoms with van der Waals surface area (Å²) in [5.41, 5.74) is -4.23. The topological polar surface area (TPSA) is 46.5 Å². The summed E-state index contributed by atoms with van der Waals surface area (Å²) in [6, 6.07) is 0. The van der Waals surface area contributed by atoms with E-state index in [1.807, 2.05) is 0 Å². The standard InChI is InChI=1S/C12H16F2O3/c1-7(15)17-12(16)10(13)3-8-2-9(5-10)6-11(12,14)4-8/h8-9,16H,2-6H2,1H3. The van der Waals surface area contributed by atoms with Gasteiger partial charge in [-0.2, -0.15) is 0 Å². The Labute approximate surface area is 98.1 Å². The van der Waals surface area contributed by atoms with Crippen LogP contribution < -0.4 is 0 Å². The van der Waals surface area contributed by atoms with Crippen molar-refractivity contribution in [2.75, 3.05) is 0 Å². The molecule has 0 aromatic rings. The molecular weight excluding hydrogens is 230 g/mol. The van der Waals surface area contributed by atoms with Crippen molar-refractivity contribution in [3.05, 3.63) is 0 Å². The molecule has 3 nitrogen and oxygen atoms in total. The highest BCUT2D eigenvalue weighted by Gasteiger charge is 2.76. The first-order chi connectivity index (χ1) is 7.78. The Morgan fingerprint density at radius 1 is 1.18 bits per heavy atom. The zero-order valence-corrected chi connectivity index (χ0v) is 9.71. The minimum atomic E-state index is -2.58. The Morgan fingerprint density at radius 2 is 1.59 bits per heavy atom. The number of aliphatic hydroxyl groups is 1. The summed E-state index contributed by atoms with van der Waals surface area (Å²) < 4.78 is 34.2. The Bertz CT molecular complexity index is 346. The van der Waals surface area contributed by atoms with Gasteiger partial charge in [-0.05, 0) is 43.9 Å². The summed E-state index contributed by atoms with van der Waals surface area (Å²) in [5.74, 6) is -3.49. The van der Waals surface area contributed by atoms with E-state index in [0.29, 0.717) is 0 Å². The zero-order chi connectivity index (χ0) is 12.5. The smallest absolute Gasteiger partial charge is 0.305 e.